The number of rotatable bonds is 7. The fraction of sp³-hybridized carbons (Fsp3) is 0.409. The van der Waals surface area contributed by atoms with Crippen LogP contribution in [0.5, 0.6) is 5.75 Å². The summed E-state index contributed by atoms with van der Waals surface area (Å²) in [6.45, 7) is 10.7. The molecule has 0 aliphatic carbocycles. The van der Waals surface area contributed by atoms with Crippen molar-refractivity contribution in [2.45, 2.75) is 58.6 Å². The molecule has 2 N–H and O–H groups in total. The number of hydrogen-bond acceptors (Lipinski definition) is 2. The Morgan fingerprint density at radius 2 is 1.73 bits per heavy atom. The van der Waals surface area contributed by atoms with Gasteiger partial charge in [0.05, 0.1) is 6.10 Å². The number of anilines is 1. The van der Waals surface area contributed by atoms with Crippen LogP contribution in [0.1, 0.15) is 46.6 Å². The van der Waals surface area contributed by atoms with Crippen LogP contribution < -0.4 is 15.4 Å². The molecule has 0 aromatic heterocycles. The molecule has 0 amide bonds. The van der Waals surface area contributed by atoms with Crippen LogP contribution >= 0.6 is 12.2 Å². The van der Waals surface area contributed by atoms with E-state index in [2.05, 4.69) is 61.7 Å². The summed E-state index contributed by atoms with van der Waals surface area (Å²) in [6, 6.07) is 18.7. The summed E-state index contributed by atoms with van der Waals surface area (Å²) in [5.41, 5.74) is 2.34. The van der Waals surface area contributed by atoms with Gasteiger partial charge in [-0.25, -0.2) is 0 Å². The highest BCUT2D eigenvalue weighted by molar-refractivity contribution is 7.80. The molecule has 0 heterocycles. The first-order chi connectivity index (χ1) is 12.3. The van der Waals surface area contributed by atoms with E-state index in [0.29, 0.717) is 5.11 Å². The highest BCUT2D eigenvalue weighted by Gasteiger charge is 2.23. The fourth-order valence-electron chi connectivity index (χ4n) is 3.13. The third-order valence-electron chi connectivity index (χ3n) is 4.21. The maximum absolute atomic E-state index is 5.73. The lowest BCUT2D eigenvalue weighted by atomic mass is 9.79. The standard InChI is InChI=1S/C22H30N2OS/c1-16(2)25-20-13-9-12-19(14-20)24-21(26)23-17(3)15-22(4,5)18-10-7-6-8-11-18/h6-14,16-17H,15H2,1-5H3,(H2,23,24,26)/t17-/m1/s1. The van der Waals surface area contributed by atoms with E-state index < -0.39 is 0 Å². The molecular formula is C22H30N2OS. The van der Waals surface area contributed by atoms with E-state index in [0.717, 1.165) is 17.9 Å². The van der Waals surface area contributed by atoms with Gasteiger partial charge < -0.3 is 15.4 Å². The van der Waals surface area contributed by atoms with Gasteiger partial charge in [-0.15, -0.1) is 0 Å². The van der Waals surface area contributed by atoms with Crippen LogP contribution in [0.2, 0.25) is 0 Å². The smallest absolute Gasteiger partial charge is 0.170 e. The molecule has 2 aromatic rings. The Labute approximate surface area is 163 Å². The van der Waals surface area contributed by atoms with Gasteiger partial charge in [0.25, 0.3) is 0 Å². The molecule has 26 heavy (non-hydrogen) atoms. The lowest BCUT2D eigenvalue weighted by Gasteiger charge is -2.29. The highest BCUT2D eigenvalue weighted by atomic mass is 32.1. The van der Waals surface area contributed by atoms with Gasteiger partial charge in [-0.3, -0.25) is 0 Å². The normalized spacial score (nSPS) is 12.5. The van der Waals surface area contributed by atoms with E-state index in [1.54, 1.807) is 0 Å². The summed E-state index contributed by atoms with van der Waals surface area (Å²) in [5.74, 6) is 0.839. The van der Waals surface area contributed by atoms with Crippen molar-refractivity contribution in [1.29, 1.82) is 0 Å². The molecular weight excluding hydrogens is 340 g/mol. The maximum atomic E-state index is 5.73. The van der Waals surface area contributed by atoms with Gasteiger partial charge in [-0.2, -0.15) is 0 Å². The van der Waals surface area contributed by atoms with E-state index >= 15 is 0 Å². The van der Waals surface area contributed by atoms with E-state index in [1.807, 2.05) is 38.1 Å². The monoisotopic (exact) mass is 370 g/mol. The molecule has 0 bridgehead atoms. The Bertz CT molecular complexity index is 713. The molecule has 2 aromatic carbocycles. The molecule has 140 valence electrons. The van der Waals surface area contributed by atoms with Gasteiger partial charge in [0, 0.05) is 17.8 Å². The molecule has 0 aliphatic rings. The van der Waals surface area contributed by atoms with Crippen molar-refractivity contribution in [3.05, 3.63) is 60.2 Å². The maximum Gasteiger partial charge on any atom is 0.170 e. The van der Waals surface area contributed by atoms with Crippen LogP contribution in [-0.4, -0.2) is 17.3 Å². The zero-order valence-electron chi connectivity index (χ0n) is 16.4. The second-order valence-electron chi connectivity index (χ2n) is 7.65. The van der Waals surface area contributed by atoms with Crippen LogP contribution in [-0.2, 0) is 5.41 Å². The van der Waals surface area contributed by atoms with Crippen molar-refractivity contribution < 1.29 is 4.74 Å². The molecule has 0 spiro atoms. The molecule has 0 radical (unpaired) electrons. The quantitative estimate of drug-likeness (QED) is 0.629. The average molecular weight is 371 g/mol. The topological polar surface area (TPSA) is 33.3 Å². The Kier molecular flexibility index (Phi) is 7.04. The Balaban J connectivity index is 1.91. The third-order valence-corrected chi connectivity index (χ3v) is 4.43. The third kappa shape index (κ3) is 6.34. The van der Waals surface area contributed by atoms with Crippen molar-refractivity contribution in [2.75, 3.05) is 5.32 Å². The van der Waals surface area contributed by atoms with Crippen LogP contribution in [0.25, 0.3) is 0 Å². The zero-order chi connectivity index (χ0) is 19.2. The molecule has 3 nitrogen and oxygen atoms in total. The lowest BCUT2D eigenvalue weighted by Crippen LogP contribution is -2.39. The SMILES string of the molecule is CC(C)Oc1cccc(NC(=S)N[C@H](C)CC(C)(C)c2ccccc2)c1. The van der Waals surface area contributed by atoms with Crippen molar-refractivity contribution in [2.24, 2.45) is 0 Å². The van der Waals surface area contributed by atoms with Crippen LogP contribution in [0.3, 0.4) is 0 Å². The van der Waals surface area contributed by atoms with Gasteiger partial charge in [0.1, 0.15) is 5.75 Å². The van der Waals surface area contributed by atoms with Crippen molar-refractivity contribution in [3.8, 4) is 5.75 Å². The second-order valence-corrected chi connectivity index (χ2v) is 8.06. The first-order valence-corrected chi connectivity index (χ1v) is 9.57. The Morgan fingerprint density at radius 3 is 2.38 bits per heavy atom. The minimum absolute atomic E-state index is 0.0777. The number of benzene rings is 2. The minimum atomic E-state index is 0.0777. The summed E-state index contributed by atoms with van der Waals surface area (Å²) in [7, 11) is 0. The van der Waals surface area contributed by atoms with Crippen molar-refractivity contribution in [3.63, 3.8) is 0 Å². The predicted octanol–water partition coefficient (Wildman–Crippen LogP) is 5.52. The number of hydrogen-bond donors (Lipinski definition) is 2. The van der Waals surface area contributed by atoms with Gasteiger partial charge in [0.2, 0.25) is 0 Å². The van der Waals surface area contributed by atoms with E-state index in [9.17, 15) is 0 Å². The molecule has 0 fully saturated rings. The van der Waals surface area contributed by atoms with Crippen LogP contribution in [0, 0.1) is 0 Å². The first-order valence-electron chi connectivity index (χ1n) is 9.16. The Hall–Kier alpha value is -2.07. The summed E-state index contributed by atoms with van der Waals surface area (Å²) in [4.78, 5) is 0. The Morgan fingerprint density at radius 1 is 1.04 bits per heavy atom. The molecule has 0 saturated carbocycles. The second kappa shape index (κ2) is 9.04. The van der Waals surface area contributed by atoms with Gasteiger partial charge in [-0.1, -0.05) is 50.2 Å². The molecule has 4 heteroatoms. The van der Waals surface area contributed by atoms with Crippen molar-refractivity contribution >= 4 is 23.0 Å². The van der Waals surface area contributed by atoms with E-state index in [-0.39, 0.29) is 17.6 Å². The summed E-state index contributed by atoms with van der Waals surface area (Å²) in [5, 5.41) is 7.27. The van der Waals surface area contributed by atoms with Gasteiger partial charge in [0.15, 0.2) is 5.11 Å². The largest absolute Gasteiger partial charge is 0.491 e. The predicted molar refractivity (Wildman–Crippen MR) is 115 cm³/mol. The van der Waals surface area contributed by atoms with E-state index in [1.165, 1.54) is 5.56 Å². The average Bonchev–Trinajstić information content (AvgIpc) is 2.54. The molecule has 1 atom stereocenters. The molecule has 2 rings (SSSR count). The number of ether oxygens (including phenoxy) is 1. The summed E-state index contributed by atoms with van der Waals surface area (Å²) in [6.07, 6.45) is 1.13. The minimum Gasteiger partial charge on any atom is -0.491 e. The van der Waals surface area contributed by atoms with Crippen LogP contribution in [0.4, 0.5) is 5.69 Å². The summed E-state index contributed by atoms with van der Waals surface area (Å²) >= 11 is 5.49. The lowest BCUT2D eigenvalue weighted by molar-refractivity contribution is 0.242. The van der Waals surface area contributed by atoms with E-state index in [4.69, 9.17) is 17.0 Å². The molecule has 0 saturated heterocycles. The molecule has 0 aliphatic heterocycles. The van der Waals surface area contributed by atoms with Gasteiger partial charge in [-0.05, 0) is 62.5 Å². The number of nitrogens with one attached hydrogen (secondary N) is 2. The fourth-order valence-corrected chi connectivity index (χ4v) is 3.45. The van der Waals surface area contributed by atoms with Crippen LogP contribution in [0.15, 0.2) is 54.6 Å². The summed E-state index contributed by atoms with van der Waals surface area (Å²) < 4.78 is 5.73. The van der Waals surface area contributed by atoms with Gasteiger partial charge >= 0.3 is 0 Å². The first kappa shape index (κ1) is 20.2. The molecule has 0 unspecified atom stereocenters. The zero-order valence-corrected chi connectivity index (χ0v) is 17.2. The number of thiocarbonyl (C=S) groups is 1. The highest BCUT2D eigenvalue weighted by Crippen LogP contribution is 2.28. The van der Waals surface area contributed by atoms with Crippen molar-refractivity contribution in [1.82, 2.24) is 5.32 Å².